The van der Waals surface area contributed by atoms with Gasteiger partial charge >= 0.3 is 0 Å². The number of amides is 1. The van der Waals surface area contributed by atoms with Gasteiger partial charge in [0.1, 0.15) is 5.75 Å². The lowest BCUT2D eigenvalue weighted by atomic mass is 10.2. The standard InChI is InChI=1S/C13H11BrN2O2/c14-11-5-4-8(6-12(11)15)13(18)16-9-2-1-3-10(17)7-9/h1-7,17H,15H2,(H,16,18). The third-order valence-electron chi connectivity index (χ3n) is 2.36. The first kappa shape index (κ1) is 12.4. The second-order valence-corrected chi connectivity index (χ2v) is 4.60. The number of halogens is 1. The minimum absolute atomic E-state index is 0.100. The van der Waals surface area contributed by atoms with Crippen LogP contribution < -0.4 is 11.1 Å². The minimum Gasteiger partial charge on any atom is -0.508 e. The van der Waals surface area contributed by atoms with Crippen molar-refractivity contribution in [2.24, 2.45) is 0 Å². The predicted octanol–water partition coefficient (Wildman–Crippen LogP) is 2.99. The molecule has 0 aliphatic heterocycles. The van der Waals surface area contributed by atoms with Crippen molar-refractivity contribution in [2.45, 2.75) is 0 Å². The van der Waals surface area contributed by atoms with Crippen molar-refractivity contribution in [2.75, 3.05) is 11.1 Å². The first-order valence-electron chi connectivity index (χ1n) is 5.21. The molecule has 0 fully saturated rings. The van der Waals surface area contributed by atoms with E-state index < -0.39 is 0 Å². The monoisotopic (exact) mass is 306 g/mol. The van der Waals surface area contributed by atoms with E-state index in [1.165, 1.54) is 12.1 Å². The summed E-state index contributed by atoms with van der Waals surface area (Å²) in [4.78, 5) is 11.9. The predicted molar refractivity (Wildman–Crippen MR) is 74.6 cm³/mol. The van der Waals surface area contributed by atoms with E-state index in [1.807, 2.05) is 0 Å². The van der Waals surface area contributed by atoms with Crippen molar-refractivity contribution < 1.29 is 9.90 Å². The normalized spacial score (nSPS) is 10.1. The second kappa shape index (κ2) is 5.10. The van der Waals surface area contributed by atoms with Crippen LogP contribution in [-0.4, -0.2) is 11.0 Å². The van der Waals surface area contributed by atoms with Gasteiger partial charge in [-0.3, -0.25) is 4.79 Å². The van der Waals surface area contributed by atoms with Crippen molar-refractivity contribution in [1.82, 2.24) is 0 Å². The molecule has 0 spiro atoms. The summed E-state index contributed by atoms with van der Waals surface area (Å²) >= 11 is 3.27. The van der Waals surface area contributed by atoms with Crippen molar-refractivity contribution in [3.05, 3.63) is 52.5 Å². The van der Waals surface area contributed by atoms with Crippen LogP contribution in [0.5, 0.6) is 5.75 Å². The molecule has 0 aliphatic rings. The molecule has 0 saturated carbocycles. The van der Waals surface area contributed by atoms with Gasteiger partial charge < -0.3 is 16.2 Å². The number of hydrogen-bond donors (Lipinski definition) is 3. The van der Waals surface area contributed by atoms with Crippen LogP contribution >= 0.6 is 15.9 Å². The highest BCUT2D eigenvalue weighted by Gasteiger charge is 2.08. The van der Waals surface area contributed by atoms with Crippen LogP contribution in [-0.2, 0) is 0 Å². The van der Waals surface area contributed by atoms with Crippen molar-refractivity contribution in [3.8, 4) is 5.75 Å². The Balaban J connectivity index is 2.19. The minimum atomic E-state index is -0.278. The molecule has 0 saturated heterocycles. The zero-order valence-electron chi connectivity index (χ0n) is 9.35. The van der Waals surface area contributed by atoms with Crippen molar-refractivity contribution >= 4 is 33.2 Å². The maximum Gasteiger partial charge on any atom is 0.255 e. The van der Waals surface area contributed by atoms with Crippen LogP contribution in [0.2, 0.25) is 0 Å². The van der Waals surface area contributed by atoms with Crippen LogP contribution in [0, 0.1) is 0 Å². The summed E-state index contributed by atoms with van der Waals surface area (Å²) in [5.74, 6) is -0.178. The molecule has 5 heteroatoms. The van der Waals surface area contributed by atoms with E-state index in [9.17, 15) is 9.90 Å². The third-order valence-corrected chi connectivity index (χ3v) is 3.08. The van der Waals surface area contributed by atoms with Crippen LogP contribution in [0.25, 0.3) is 0 Å². The van der Waals surface area contributed by atoms with Gasteiger partial charge in [0, 0.05) is 27.5 Å². The summed E-state index contributed by atoms with van der Waals surface area (Å²) in [6.07, 6.45) is 0. The zero-order valence-corrected chi connectivity index (χ0v) is 10.9. The zero-order chi connectivity index (χ0) is 13.1. The van der Waals surface area contributed by atoms with Crippen molar-refractivity contribution in [3.63, 3.8) is 0 Å². The number of nitrogen functional groups attached to an aromatic ring is 1. The fraction of sp³-hybridized carbons (Fsp3) is 0. The van der Waals surface area contributed by atoms with Crippen LogP contribution in [0.4, 0.5) is 11.4 Å². The molecule has 2 aromatic rings. The van der Waals surface area contributed by atoms with E-state index in [0.29, 0.717) is 16.9 Å². The number of nitrogens with one attached hydrogen (secondary N) is 1. The van der Waals surface area contributed by atoms with Gasteiger partial charge in [-0.05, 0) is 46.3 Å². The number of aromatic hydroxyl groups is 1. The maximum atomic E-state index is 11.9. The number of nitrogens with two attached hydrogens (primary N) is 1. The van der Waals surface area contributed by atoms with E-state index in [1.54, 1.807) is 30.3 Å². The molecule has 0 aliphatic carbocycles. The molecule has 92 valence electrons. The van der Waals surface area contributed by atoms with Crippen LogP contribution in [0.3, 0.4) is 0 Å². The van der Waals surface area contributed by atoms with Crippen LogP contribution in [0.1, 0.15) is 10.4 Å². The summed E-state index contributed by atoms with van der Waals surface area (Å²) in [5.41, 5.74) is 7.19. The molecule has 2 rings (SSSR count). The van der Waals surface area contributed by atoms with E-state index in [2.05, 4.69) is 21.2 Å². The topological polar surface area (TPSA) is 75.4 Å². The van der Waals surface area contributed by atoms with Crippen LogP contribution in [0.15, 0.2) is 46.9 Å². The number of benzene rings is 2. The molecule has 4 N–H and O–H groups in total. The molecule has 0 aromatic heterocycles. The third kappa shape index (κ3) is 2.81. The van der Waals surface area contributed by atoms with Gasteiger partial charge in [-0.1, -0.05) is 6.07 Å². The van der Waals surface area contributed by atoms with E-state index in [4.69, 9.17) is 5.73 Å². The molecule has 0 atom stereocenters. The molecule has 0 heterocycles. The highest BCUT2D eigenvalue weighted by molar-refractivity contribution is 9.10. The summed E-state index contributed by atoms with van der Waals surface area (Å²) in [7, 11) is 0. The van der Waals surface area contributed by atoms with Gasteiger partial charge in [0.25, 0.3) is 5.91 Å². The highest BCUT2D eigenvalue weighted by atomic mass is 79.9. The molecular formula is C13H11BrN2O2. The Morgan fingerprint density at radius 3 is 2.67 bits per heavy atom. The number of phenolic OH excluding ortho intramolecular Hbond substituents is 1. The Morgan fingerprint density at radius 2 is 2.00 bits per heavy atom. The summed E-state index contributed by atoms with van der Waals surface area (Å²) in [6, 6.07) is 11.3. The first-order chi connectivity index (χ1) is 8.56. The first-order valence-corrected chi connectivity index (χ1v) is 6.01. The Hall–Kier alpha value is -2.01. The van der Waals surface area contributed by atoms with E-state index in [-0.39, 0.29) is 11.7 Å². The Bertz CT molecular complexity index is 599. The number of rotatable bonds is 2. The molecule has 1 amide bonds. The lowest BCUT2D eigenvalue weighted by Gasteiger charge is -2.07. The number of phenols is 1. The van der Waals surface area contributed by atoms with Crippen molar-refractivity contribution in [1.29, 1.82) is 0 Å². The fourth-order valence-corrected chi connectivity index (χ4v) is 1.72. The lowest BCUT2D eigenvalue weighted by molar-refractivity contribution is 0.102. The number of carbonyl (C=O) groups is 1. The van der Waals surface area contributed by atoms with Gasteiger partial charge in [0.05, 0.1) is 0 Å². The Kier molecular flexibility index (Phi) is 3.53. The van der Waals surface area contributed by atoms with Gasteiger partial charge in [-0.15, -0.1) is 0 Å². The quantitative estimate of drug-likeness (QED) is 0.747. The van der Waals surface area contributed by atoms with Gasteiger partial charge in [0.2, 0.25) is 0 Å². The molecule has 4 nitrogen and oxygen atoms in total. The smallest absolute Gasteiger partial charge is 0.255 e. The second-order valence-electron chi connectivity index (χ2n) is 3.74. The largest absolute Gasteiger partial charge is 0.508 e. The molecule has 2 aromatic carbocycles. The summed E-state index contributed by atoms with van der Waals surface area (Å²) < 4.78 is 0.747. The number of hydrogen-bond acceptors (Lipinski definition) is 3. The Morgan fingerprint density at radius 1 is 1.22 bits per heavy atom. The average molecular weight is 307 g/mol. The fourth-order valence-electron chi connectivity index (χ4n) is 1.47. The van der Waals surface area contributed by atoms with E-state index in [0.717, 1.165) is 4.47 Å². The average Bonchev–Trinajstić information content (AvgIpc) is 2.32. The van der Waals surface area contributed by atoms with Gasteiger partial charge in [0.15, 0.2) is 0 Å². The molecule has 0 bridgehead atoms. The van der Waals surface area contributed by atoms with Gasteiger partial charge in [-0.2, -0.15) is 0 Å². The number of carbonyl (C=O) groups excluding carboxylic acids is 1. The van der Waals surface area contributed by atoms with E-state index >= 15 is 0 Å². The summed E-state index contributed by atoms with van der Waals surface area (Å²) in [6.45, 7) is 0. The maximum absolute atomic E-state index is 11.9. The lowest BCUT2D eigenvalue weighted by Crippen LogP contribution is -2.12. The number of anilines is 2. The Labute approximate surface area is 113 Å². The molecule has 0 radical (unpaired) electrons. The molecule has 18 heavy (non-hydrogen) atoms. The summed E-state index contributed by atoms with van der Waals surface area (Å²) in [5, 5.41) is 12.0. The SMILES string of the molecule is Nc1cc(C(=O)Nc2cccc(O)c2)ccc1Br. The molecule has 0 unspecified atom stereocenters. The molecular weight excluding hydrogens is 296 g/mol. The van der Waals surface area contributed by atoms with Gasteiger partial charge in [-0.25, -0.2) is 0 Å². The highest BCUT2D eigenvalue weighted by Crippen LogP contribution is 2.21.